The van der Waals surface area contributed by atoms with E-state index in [2.05, 4.69) is 5.32 Å². The highest BCUT2D eigenvalue weighted by Gasteiger charge is 2.52. The highest BCUT2D eigenvalue weighted by Crippen LogP contribution is 2.36. The van der Waals surface area contributed by atoms with Crippen molar-refractivity contribution < 1.29 is 18.5 Å². The Morgan fingerprint density at radius 2 is 1.68 bits per heavy atom. The minimum atomic E-state index is -0.464. The molecular formula is C18H21BFNO3S. The number of thiophene rings is 1. The van der Waals surface area contributed by atoms with E-state index in [-0.39, 0.29) is 11.7 Å². The lowest BCUT2D eigenvalue weighted by atomic mass is 9.88. The van der Waals surface area contributed by atoms with Gasteiger partial charge >= 0.3 is 7.12 Å². The molecule has 0 radical (unpaired) electrons. The van der Waals surface area contributed by atoms with E-state index in [4.69, 9.17) is 9.31 Å². The Morgan fingerprint density at radius 3 is 2.28 bits per heavy atom. The number of carbonyl (C=O) groups excluding carboxylic acids is 1. The number of benzene rings is 1. The second-order valence-corrected chi connectivity index (χ2v) is 8.21. The third kappa shape index (κ3) is 3.78. The Balaban J connectivity index is 1.63. The minimum absolute atomic E-state index is 0.169. The van der Waals surface area contributed by atoms with Gasteiger partial charge in [0.05, 0.1) is 16.1 Å². The molecule has 0 unspecified atom stereocenters. The molecule has 0 atom stereocenters. The van der Waals surface area contributed by atoms with Crippen LogP contribution in [-0.2, 0) is 15.9 Å². The predicted molar refractivity (Wildman–Crippen MR) is 97.6 cm³/mol. The van der Waals surface area contributed by atoms with Crippen LogP contribution < -0.4 is 10.1 Å². The Kier molecular flexibility index (Phi) is 4.75. The molecule has 0 bridgehead atoms. The van der Waals surface area contributed by atoms with Crippen molar-refractivity contribution in [3.8, 4) is 0 Å². The lowest BCUT2D eigenvalue weighted by Gasteiger charge is -2.32. The van der Waals surface area contributed by atoms with Crippen molar-refractivity contribution in [2.24, 2.45) is 0 Å². The molecule has 3 rings (SSSR count). The third-order valence-corrected chi connectivity index (χ3v) is 5.81. The zero-order valence-corrected chi connectivity index (χ0v) is 15.6. The maximum absolute atomic E-state index is 12.9. The Bertz CT molecular complexity index is 757. The first kappa shape index (κ1) is 18.1. The van der Waals surface area contributed by atoms with Gasteiger partial charge in [0.15, 0.2) is 0 Å². The van der Waals surface area contributed by atoms with Crippen LogP contribution >= 0.6 is 11.3 Å². The molecule has 1 aliphatic rings. The van der Waals surface area contributed by atoms with Gasteiger partial charge in [0.2, 0.25) is 0 Å². The van der Waals surface area contributed by atoms with Gasteiger partial charge in [-0.05, 0) is 51.5 Å². The molecule has 4 nitrogen and oxygen atoms in total. The van der Waals surface area contributed by atoms with E-state index in [1.54, 1.807) is 18.2 Å². The monoisotopic (exact) mass is 361 g/mol. The summed E-state index contributed by atoms with van der Waals surface area (Å²) >= 11 is 1.36. The molecule has 0 saturated carbocycles. The van der Waals surface area contributed by atoms with Crippen molar-refractivity contribution >= 4 is 29.1 Å². The number of nitrogens with one attached hydrogen (secondary N) is 1. The van der Waals surface area contributed by atoms with Crippen LogP contribution in [-0.4, -0.2) is 24.2 Å². The Labute approximate surface area is 151 Å². The summed E-state index contributed by atoms with van der Waals surface area (Å²) in [5.41, 5.74) is 0.0248. The van der Waals surface area contributed by atoms with Gasteiger partial charge in [-0.2, -0.15) is 0 Å². The number of amides is 1. The second kappa shape index (κ2) is 6.55. The van der Waals surface area contributed by atoms with Gasteiger partial charge in [-0.15, -0.1) is 11.3 Å². The van der Waals surface area contributed by atoms with Crippen LogP contribution in [0.15, 0.2) is 36.4 Å². The van der Waals surface area contributed by atoms with Gasteiger partial charge in [-0.1, -0.05) is 18.2 Å². The molecule has 132 valence electrons. The first-order valence-electron chi connectivity index (χ1n) is 8.16. The van der Waals surface area contributed by atoms with E-state index in [0.717, 1.165) is 10.3 Å². The van der Waals surface area contributed by atoms with Gasteiger partial charge in [0.25, 0.3) is 5.91 Å². The molecule has 1 aliphatic heterocycles. The fourth-order valence-corrected chi connectivity index (χ4v) is 3.32. The molecule has 1 fully saturated rings. The van der Waals surface area contributed by atoms with Gasteiger partial charge in [-0.25, -0.2) is 4.39 Å². The van der Waals surface area contributed by atoms with Gasteiger partial charge < -0.3 is 14.6 Å². The maximum atomic E-state index is 12.9. The number of carbonyl (C=O) groups is 1. The summed E-state index contributed by atoms with van der Waals surface area (Å²) in [6.45, 7) is 8.34. The highest BCUT2D eigenvalue weighted by atomic mass is 32.1. The zero-order valence-electron chi connectivity index (χ0n) is 14.8. The smallest absolute Gasteiger partial charge is 0.399 e. The van der Waals surface area contributed by atoms with E-state index >= 15 is 0 Å². The van der Waals surface area contributed by atoms with Crippen LogP contribution in [0.25, 0.3) is 0 Å². The van der Waals surface area contributed by atoms with Crippen molar-refractivity contribution in [1.29, 1.82) is 0 Å². The fourth-order valence-electron chi connectivity index (χ4n) is 2.43. The average molecular weight is 361 g/mol. The normalized spacial score (nSPS) is 18.4. The quantitative estimate of drug-likeness (QED) is 0.852. The van der Waals surface area contributed by atoms with E-state index in [1.165, 1.54) is 23.5 Å². The van der Waals surface area contributed by atoms with E-state index in [9.17, 15) is 9.18 Å². The van der Waals surface area contributed by atoms with Crippen molar-refractivity contribution in [2.75, 3.05) is 0 Å². The first-order valence-corrected chi connectivity index (χ1v) is 8.98. The largest absolute Gasteiger partial charge is 0.505 e. The summed E-state index contributed by atoms with van der Waals surface area (Å²) in [4.78, 5) is 12.9. The lowest BCUT2D eigenvalue weighted by molar-refractivity contribution is 0.00578. The number of hydrogen-bond acceptors (Lipinski definition) is 4. The number of hydrogen-bond donors (Lipinski definition) is 1. The zero-order chi connectivity index (χ0) is 18.2. The lowest BCUT2D eigenvalue weighted by Crippen LogP contribution is -2.41. The summed E-state index contributed by atoms with van der Waals surface area (Å²) in [5.74, 6) is -0.461. The summed E-state index contributed by atoms with van der Waals surface area (Å²) in [5, 5.41) is 2.84. The number of halogens is 1. The molecule has 1 amide bonds. The Hall–Kier alpha value is -1.70. The summed E-state index contributed by atoms with van der Waals surface area (Å²) in [6, 6.07) is 9.69. The summed E-state index contributed by atoms with van der Waals surface area (Å²) in [7, 11) is -0.464. The SMILES string of the molecule is CC1(C)OB(c2ccc(C(=O)NCc3ccc(F)cc3)s2)OC1(C)C. The molecule has 1 N–H and O–H groups in total. The van der Waals surface area contributed by atoms with E-state index in [0.29, 0.717) is 11.4 Å². The third-order valence-electron chi connectivity index (χ3n) is 4.70. The molecule has 2 aromatic rings. The van der Waals surface area contributed by atoms with Crippen molar-refractivity contribution in [3.05, 3.63) is 52.7 Å². The van der Waals surface area contributed by atoms with Crippen molar-refractivity contribution in [1.82, 2.24) is 5.32 Å². The van der Waals surface area contributed by atoms with Crippen LogP contribution in [0.5, 0.6) is 0 Å². The standard InChI is InChI=1S/C18H21BFNO3S/c1-17(2)18(3,4)24-19(23-17)15-10-9-14(25-15)16(22)21-11-12-5-7-13(20)8-6-12/h5-10H,11H2,1-4H3,(H,21,22). The molecular weight excluding hydrogens is 340 g/mol. The molecule has 1 aromatic carbocycles. The number of rotatable bonds is 4. The Morgan fingerprint density at radius 1 is 1.08 bits per heavy atom. The summed E-state index contributed by atoms with van der Waals surface area (Å²) < 4.78 is 25.8. The van der Waals surface area contributed by atoms with Crippen LogP contribution in [0.2, 0.25) is 0 Å². The van der Waals surface area contributed by atoms with Crippen LogP contribution in [0.4, 0.5) is 4.39 Å². The predicted octanol–water partition coefficient (Wildman–Crippen LogP) is 3.12. The van der Waals surface area contributed by atoms with Crippen molar-refractivity contribution in [3.63, 3.8) is 0 Å². The van der Waals surface area contributed by atoms with Gasteiger partial charge in [-0.3, -0.25) is 4.79 Å². The van der Waals surface area contributed by atoms with Crippen LogP contribution in [0.1, 0.15) is 42.9 Å². The van der Waals surface area contributed by atoms with E-state index < -0.39 is 18.3 Å². The average Bonchev–Trinajstić information content (AvgIpc) is 3.10. The topological polar surface area (TPSA) is 47.6 Å². The molecule has 7 heteroatoms. The minimum Gasteiger partial charge on any atom is -0.399 e. The highest BCUT2D eigenvalue weighted by molar-refractivity contribution is 7.23. The molecule has 0 aliphatic carbocycles. The van der Waals surface area contributed by atoms with Gasteiger partial charge in [0, 0.05) is 11.3 Å². The molecule has 1 aromatic heterocycles. The summed E-state index contributed by atoms with van der Waals surface area (Å²) in [6.07, 6.45) is 0. The fraction of sp³-hybridized carbons (Fsp3) is 0.389. The molecule has 2 heterocycles. The van der Waals surface area contributed by atoms with Crippen molar-refractivity contribution in [2.45, 2.75) is 45.4 Å². The second-order valence-electron chi connectivity index (χ2n) is 7.10. The van der Waals surface area contributed by atoms with Crippen LogP contribution in [0.3, 0.4) is 0 Å². The van der Waals surface area contributed by atoms with E-state index in [1.807, 2.05) is 33.8 Å². The van der Waals surface area contributed by atoms with Crippen LogP contribution in [0, 0.1) is 5.82 Å². The maximum Gasteiger partial charge on any atom is 0.505 e. The molecule has 0 spiro atoms. The first-order chi connectivity index (χ1) is 11.7. The van der Waals surface area contributed by atoms with Gasteiger partial charge in [0.1, 0.15) is 5.82 Å². The molecule has 1 saturated heterocycles. The molecule has 25 heavy (non-hydrogen) atoms.